The van der Waals surface area contributed by atoms with Crippen LogP contribution in [0.4, 0.5) is 8.78 Å². The van der Waals surface area contributed by atoms with Gasteiger partial charge in [-0.1, -0.05) is 22.0 Å². The number of fused-ring (bicyclic) bond motifs is 1. The molecular formula is C23H25BrF2N2O3. The Morgan fingerprint density at radius 1 is 1.19 bits per heavy atom. The van der Waals surface area contributed by atoms with E-state index in [1.54, 1.807) is 29.8 Å². The molecule has 2 aromatic carbocycles. The zero-order chi connectivity index (χ0) is 22.8. The van der Waals surface area contributed by atoms with E-state index in [-0.39, 0.29) is 53.2 Å². The number of Topliss-reactive ketones (excluding diaryl/α,β-unsaturated/α-hetero) is 1. The number of rotatable bonds is 8. The lowest BCUT2D eigenvalue weighted by Gasteiger charge is -2.19. The molecule has 8 heteroatoms. The van der Waals surface area contributed by atoms with Crippen LogP contribution >= 0.6 is 15.9 Å². The molecule has 3 aromatic rings. The van der Waals surface area contributed by atoms with Crippen LogP contribution < -0.4 is 0 Å². The summed E-state index contributed by atoms with van der Waals surface area (Å²) in [6.07, 6.45) is 1.40. The van der Waals surface area contributed by atoms with E-state index in [1.165, 1.54) is 12.4 Å². The van der Waals surface area contributed by atoms with Crippen molar-refractivity contribution in [3.05, 3.63) is 63.4 Å². The fourth-order valence-electron chi connectivity index (χ4n) is 3.19. The molecule has 3 rings (SSSR count). The van der Waals surface area contributed by atoms with Gasteiger partial charge in [0, 0.05) is 29.1 Å². The molecule has 0 aliphatic rings. The van der Waals surface area contributed by atoms with Crippen molar-refractivity contribution in [3.63, 3.8) is 0 Å². The van der Waals surface area contributed by atoms with Crippen molar-refractivity contribution in [2.75, 3.05) is 19.8 Å². The van der Waals surface area contributed by atoms with Crippen LogP contribution in [0.15, 0.2) is 35.1 Å². The molecule has 0 radical (unpaired) electrons. The molecule has 0 saturated heterocycles. The first-order valence-corrected chi connectivity index (χ1v) is 10.7. The third-order valence-electron chi connectivity index (χ3n) is 4.74. The molecular weight excluding hydrogens is 470 g/mol. The Labute approximate surface area is 188 Å². The smallest absolute Gasteiger partial charge is 0.188 e. The van der Waals surface area contributed by atoms with Crippen molar-refractivity contribution in [2.45, 2.75) is 32.8 Å². The number of imidazole rings is 1. The zero-order valence-corrected chi connectivity index (χ0v) is 19.6. The number of halogens is 3. The Kier molecular flexibility index (Phi) is 7.24. The highest BCUT2D eigenvalue weighted by Crippen LogP contribution is 2.28. The fraction of sp³-hybridized carbons (Fsp3) is 0.391. The van der Waals surface area contributed by atoms with Gasteiger partial charge in [-0.2, -0.15) is 0 Å². The predicted octanol–water partition coefficient (Wildman–Crippen LogP) is 5.22. The first-order chi connectivity index (χ1) is 14.6. The average molecular weight is 495 g/mol. The minimum atomic E-state index is -0.625. The molecule has 31 heavy (non-hydrogen) atoms. The highest BCUT2D eigenvalue weighted by atomic mass is 79.9. The standard InChI is InChI=1S/C23H25BrF2N2O3/c1-23(2,3)31-8-7-30-12-20(29)16-11-19-22(27-13-28(19)4)21(26)17(16)9-14-5-6-15(24)10-18(14)25/h5-6,10-11,13H,7-9,12H2,1-4H3. The van der Waals surface area contributed by atoms with Gasteiger partial charge in [-0.25, -0.2) is 13.8 Å². The van der Waals surface area contributed by atoms with E-state index >= 15 is 4.39 Å². The summed E-state index contributed by atoms with van der Waals surface area (Å²) in [7, 11) is 1.72. The van der Waals surface area contributed by atoms with Crippen LogP contribution in [0.5, 0.6) is 0 Å². The maximum Gasteiger partial charge on any atom is 0.188 e. The summed E-state index contributed by atoms with van der Waals surface area (Å²) in [4.78, 5) is 17.0. The lowest BCUT2D eigenvalue weighted by Crippen LogP contribution is -2.23. The van der Waals surface area contributed by atoms with Crippen molar-refractivity contribution in [3.8, 4) is 0 Å². The van der Waals surface area contributed by atoms with Crippen LogP contribution in [0.3, 0.4) is 0 Å². The minimum absolute atomic E-state index is 0.0777. The third kappa shape index (κ3) is 5.75. The molecule has 0 N–H and O–H groups in total. The largest absolute Gasteiger partial charge is 0.373 e. The Morgan fingerprint density at radius 2 is 1.94 bits per heavy atom. The molecule has 5 nitrogen and oxygen atoms in total. The van der Waals surface area contributed by atoms with Crippen LogP contribution in [-0.2, 0) is 22.9 Å². The van der Waals surface area contributed by atoms with Crippen LogP contribution in [-0.4, -0.2) is 40.8 Å². The van der Waals surface area contributed by atoms with Gasteiger partial charge in [0.25, 0.3) is 0 Å². The van der Waals surface area contributed by atoms with Crippen molar-refractivity contribution in [2.24, 2.45) is 7.05 Å². The van der Waals surface area contributed by atoms with Crippen molar-refractivity contribution in [1.29, 1.82) is 0 Å². The van der Waals surface area contributed by atoms with Crippen LogP contribution in [0, 0.1) is 11.6 Å². The number of carbonyl (C=O) groups excluding carboxylic acids is 1. The van der Waals surface area contributed by atoms with Crippen molar-refractivity contribution < 1.29 is 23.0 Å². The van der Waals surface area contributed by atoms with Crippen LogP contribution in [0.25, 0.3) is 11.0 Å². The number of hydrogen-bond acceptors (Lipinski definition) is 4. The molecule has 0 fully saturated rings. The van der Waals surface area contributed by atoms with Gasteiger partial charge in [-0.15, -0.1) is 0 Å². The van der Waals surface area contributed by atoms with E-state index in [9.17, 15) is 9.18 Å². The third-order valence-corrected chi connectivity index (χ3v) is 5.23. The van der Waals surface area contributed by atoms with Gasteiger partial charge in [0.05, 0.1) is 30.7 Å². The highest BCUT2D eigenvalue weighted by molar-refractivity contribution is 9.10. The normalized spacial score (nSPS) is 12.0. The SMILES string of the molecule is Cn1cnc2c(F)c(Cc3ccc(Br)cc3F)c(C(=O)COCCOC(C)(C)C)cc21. The van der Waals surface area contributed by atoms with Crippen LogP contribution in [0.1, 0.15) is 42.3 Å². The monoisotopic (exact) mass is 494 g/mol. The van der Waals surface area contributed by atoms with Gasteiger partial charge in [0.2, 0.25) is 0 Å². The van der Waals surface area contributed by atoms with Gasteiger partial charge in [-0.3, -0.25) is 4.79 Å². The molecule has 1 aromatic heterocycles. The van der Waals surface area contributed by atoms with E-state index in [0.29, 0.717) is 16.6 Å². The molecule has 166 valence electrons. The quantitative estimate of drug-likeness (QED) is 0.318. The second-order valence-corrected chi connectivity index (χ2v) is 9.20. The summed E-state index contributed by atoms with van der Waals surface area (Å²) < 4.78 is 43.0. The molecule has 0 aliphatic heterocycles. The summed E-state index contributed by atoms with van der Waals surface area (Å²) >= 11 is 3.21. The van der Waals surface area contributed by atoms with E-state index < -0.39 is 11.6 Å². The molecule has 0 saturated carbocycles. The Hall–Kier alpha value is -2.16. The number of hydrogen-bond donors (Lipinski definition) is 0. The van der Waals surface area contributed by atoms with E-state index in [4.69, 9.17) is 9.47 Å². The van der Waals surface area contributed by atoms with E-state index in [0.717, 1.165) is 0 Å². The first-order valence-electron chi connectivity index (χ1n) is 9.88. The maximum atomic E-state index is 15.4. The predicted molar refractivity (Wildman–Crippen MR) is 118 cm³/mol. The number of ketones is 1. The van der Waals surface area contributed by atoms with Crippen LogP contribution in [0.2, 0.25) is 0 Å². The summed E-state index contributed by atoms with van der Waals surface area (Å²) in [5, 5.41) is 0. The number of aromatic nitrogens is 2. The number of ether oxygens (including phenoxy) is 2. The van der Waals surface area contributed by atoms with Gasteiger partial charge < -0.3 is 14.0 Å². The van der Waals surface area contributed by atoms with Crippen molar-refractivity contribution in [1.82, 2.24) is 9.55 Å². The molecule has 0 spiro atoms. The first kappa shape index (κ1) is 23.5. The van der Waals surface area contributed by atoms with Gasteiger partial charge in [0.15, 0.2) is 11.6 Å². The molecule has 0 aliphatic carbocycles. The zero-order valence-electron chi connectivity index (χ0n) is 18.0. The molecule has 0 bridgehead atoms. The number of carbonyl (C=O) groups is 1. The Bertz CT molecular complexity index is 1110. The van der Waals surface area contributed by atoms with E-state index in [1.807, 2.05) is 20.8 Å². The van der Waals surface area contributed by atoms with Gasteiger partial charge >= 0.3 is 0 Å². The molecule has 1 heterocycles. The lowest BCUT2D eigenvalue weighted by molar-refractivity contribution is -0.0324. The summed E-state index contributed by atoms with van der Waals surface area (Å²) in [5.74, 6) is -1.49. The fourth-order valence-corrected chi connectivity index (χ4v) is 3.52. The second-order valence-electron chi connectivity index (χ2n) is 8.29. The molecule has 0 unspecified atom stereocenters. The highest BCUT2D eigenvalue weighted by Gasteiger charge is 2.22. The molecule has 0 amide bonds. The lowest BCUT2D eigenvalue weighted by atomic mass is 9.95. The topological polar surface area (TPSA) is 53.4 Å². The summed E-state index contributed by atoms with van der Waals surface area (Å²) in [5.41, 5.74) is 0.872. The summed E-state index contributed by atoms with van der Waals surface area (Å²) in [6, 6.07) is 6.15. The Balaban J connectivity index is 1.88. The summed E-state index contributed by atoms with van der Waals surface area (Å²) in [6.45, 7) is 6.12. The number of aryl methyl sites for hydroxylation is 1. The van der Waals surface area contributed by atoms with Gasteiger partial charge in [-0.05, 0) is 44.5 Å². The molecule has 0 atom stereocenters. The van der Waals surface area contributed by atoms with Crippen molar-refractivity contribution >= 4 is 32.7 Å². The average Bonchev–Trinajstić information content (AvgIpc) is 3.05. The minimum Gasteiger partial charge on any atom is -0.373 e. The van der Waals surface area contributed by atoms with E-state index in [2.05, 4.69) is 20.9 Å². The van der Waals surface area contributed by atoms with Gasteiger partial charge in [0.1, 0.15) is 17.9 Å². The number of benzene rings is 2. The maximum absolute atomic E-state index is 15.4. The Morgan fingerprint density at radius 3 is 2.61 bits per heavy atom. The second kappa shape index (κ2) is 9.54. The number of nitrogens with zero attached hydrogens (tertiary/aromatic N) is 2.